The van der Waals surface area contributed by atoms with Crippen molar-refractivity contribution in [2.75, 3.05) is 13.1 Å². The maximum absolute atomic E-state index is 5.33. The molecule has 2 bridgehead atoms. The topological polar surface area (TPSA) is 31.4 Å². The number of aromatic amines is 1. The Morgan fingerprint density at radius 1 is 0.812 bits per heavy atom. The summed E-state index contributed by atoms with van der Waals surface area (Å²) in [5, 5.41) is 1.25. The molecule has 3 fully saturated rings. The lowest BCUT2D eigenvalue weighted by molar-refractivity contribution is 0.0215. The van der Waals surface area contributed by atoms with E-state index in [1.54, 1.807) is 0 Å². The van der Waals surface area contributed by atoms with E-state index in [0.29, 0.717) is 23.9 Å². The molecule has 32 heavy (non-hydrogen) atoms. The maximum Gasteiger partial charge on any atom is 0.0693 e. The lowest BCUT2D eigenvalue weighted by Gasteiger charge is -2.52. The summed E-state index contributed by atoms with van der Waals surface area (Å²) in [6, 6.07) is 31.3. The second-order valence-electron chi connectivity index (χ2n) is 9.22. The number of para-hydroxylation sites is 1. The van der Waals surface area contributed by atoms with Crippen molar-refractivity contribution < 1.29 is 0 Å². The summed E-state index contributed by atoms with van der Waals surface area (Å²) in [6.07, 6.45) is 6.73. The van der Waals surface area contributed by atoms with Crippen molar-refractivity contribution in [3.05, 3.63) is 108 Å². The molecule has 7 rings (SSSR count). The number of rotatable bonds is 5. The standard InChI is InChI=1S/C29H29N3/c1-3-9-21(10-4-1)27(22-11-5-2-6-12-22)29-28(23-15-17-32(29)18-16-23)31-20-24-19-30-26-14-8-7-13-25(24)26/h1-14,19-20,23,27-30H,15-18H2. The first-order valence-corrected chi connectivity index (χ1v) is 11.8. The van der Waals surface area contributed by atoms with Crippen molar-refractivity contribution in [3.8, 4) is 0 Å². The Bertz CT molecular complexity index is 1160. The molecule has 3 aliphatic rings. The van der Waals surface area contributed by atoms with Gasteiger partial charge >= 0.3 is 0 Å². The van der Waals surface area contributed by atoms with Gasteiger partial charge in [-0.3, -0.25) is 9.89 Å². The Morgan fingerprint density at radius 3 is 2.12 bits per heavy atom. The van der Waals surface area contributed by atoms with Gasteiger partial charge in [0.25, 0.3) is 0 Å². The number of fused-ring (bicyclic) bond motifs is 4. The quantitative estimate of drug-likeness (QED) is 0.402. The number of nitrogens with zero attached hydrogens (tertiary/aromatic N) is 2. The first kappa shape index (κ1) is 19.5. The largest absolute Gasteiger partial charge is 0.361 e. The van der Waals surface area contributed by atoms with Crippen molar-refractivity contribution in [1.82, 2.24) is 9.88 Å². The fourth-order valence-electron chi connectivity index (χ4n) is 5.95. The van der Waals surface area contributed by atoms with E-state index in [9.17, 15) is 0 Å². The highest BCUT2D eigenvalue weighted by atomic mass is 15.2. The Labute approximate surface area is 189 Å². The summed E-state index contributed by atoms with van der Waals surface area (Å²) >= 11 is 0. The lowest BCUT2D eigenvalue weighted by atomic mass is 9.71. The molecule has 4 aromatic rings. The van der Waals surface area contributed by atoms with Crippen molar-refractivity contribution >= 4 is 17.1 Å². The highest BCUT2D eigenvalue weighted by Crippen LogP contribution is 2.43. The van der Waals surface area contributed by atoms with Gasteiger partial charge in [-0.2, -0.15) is 0 Å². The Kier molecular flexibility index (Phi) is 5.12. The Hall–Kier alpha value is -3.17. The monoisotopic (exact) mass is 419 g/mol. The van der Waals surface area contributed by atoms with E-state index >= 15 is 0 Å². The summed E-state index contributed by atoms with van der Waals surface area (Å²) in [5.41, 5.74) is 5.14. The third kappa shape index (κ3) is 3.47. The van der Waals surface area contributed by atoms with Crippen LogP contribution in [0.15, 0.2) is 96.1 Å². The third-order valence-corrected chi connectivity index (χ3v) is 7.49. The van der Waals surface area contributed by atoms with E-state index in [1.807, 2.05) is 0 Å². The van der Waals surface area contributed by atoms with Crippen LogP contribution in [0.3, 0.4) is 0 Å². The van der Waals surface area contributed by atoms with Gasteiger partial charge in [0.2, 0.25) is 0 Å². The number of piperidine rings is 3. The van der Waals surface area contributed by atoms with Crippen LogP contribution in [0.2, 0.25) is 0 Å². The third-order valence-electron chi connectivity index (χ3n) is 7.49. The molecule has 2 atom stereocenters. The zero-order valence-corrected chi connectivity index (χ0v) is 18.3. The molecule has 3 nitrogen and oxygen atoms in total. The average Bonchev–Trinajstić information content (AvgIpc) is 3.28. The van der Waals surface area contributed by atoms with Gasteiger partial charge in [-0.25, -0.2) is 0 Å². The van der Waals surface area contributed by atoms with Gasteiger partial charge in [0.1, 0.15) is 0 Å². The van der Waals surface area contributed by atoms with Gasteiger partial charge in [-0.1, -0.05) is 78.9 Å². The SMILES string of the molecule is C(=NC1C2CCN(CC2)C1C(c1ccccc1)c1ccccc1)c1c[nH]c2ccccc12. The van der Waals surface area contributed by atoms with Crippen molar-refractivity contribution in [2.24, 2.45) is 10.9 Å². The van der Waals surface area contributed by atoms with E-state index < -0.39 is 0 Å². The highest BCUT2D eigenvalue weighted by Gasteiger charge is 2.46. The van der Waals surface area contributed by atoms with E-state index in [1.165, 1.54) is 53.5 Å². The molecule has 4 heterocycles. The van der Waals surface area contributed by atoms with Crippen LogP contribution in [-0.2, 0) is 0 Å². The smallest absolute Gasteiger partial charge is 0.0693 e. The molecule has 2 unspecified atom stereocenters. The summed E-state index contributed by atoms with van der Waals surface area (Å²) in [5.74, 6) is 0.979. The van der Waals surface area contributed by atoms with Crippen LogP contribution in [0.5, 0.6) is 0 Å². The number of benzene rings is 3. The minimum atomic E-state index is 0.302. The first-order valence-electron chi connectivity index (χ1n) is 11.8. The number of hydrogen-bond donors (Lipinski definition) is 1. The van der Waals surface area contributed by atoms with Crippen LogP contribution in [-0.4, -0.2) is 41.3 Å². The summed E-state index contributed by atoms with van der Waals surface area (Å²) < 4.78 is 0. The molecule has 0 saturated carbocycles. The maximum atomic E-state index is 5.33. The molecule has 3 aromatic carbocycles. The van der Waals surface area contributed by atoms with Crippen LogP contribution in [0, 0.1) is 5.92 Å². The van der Waals surface area contributed by atoms with Gasteiger partial charge in [-0.05, 0) is 49.0 Å². The van der Waals surface area contributed by atoms with E-state index in [-0.39, 0.29) is 0 Å². The molecule has 3 aliphatic heterocycles. The molecule has 3 heteroatoms. The molecule has 3 saturated heterocycles. The van der Waals surface area contributed by atoms with Gasteiger partial charge < -0.3 is 4.98 Å². The van der Waals surface area contributed by atoms with Gasteiger partial charge in [0.15, 0.2) is 0 Å². The molecule has 0 spiro atoms. The Balaban J connectivity index is 1.42. The normalized spacial score (nSPS) is 25.2. The number of aromatic nitrogens is 1. The number of H-pyrrole nitrogens is 1. The highest BCUT2D eigenvalue weighted by molar-refractivity contribution is 5.99. The second kappa shape index (κ2) is 8.40. The predicted octanol–water partition coefficient (Wildman–Crippen LogP) is 5.88. The molecular weight excluding hydrogens is 390 g/mol. The van der Waals surface area contributed by atoms with Crippen LogP contribution in [0.4, 0.5) is 0 Å². The average molecular weight is 420 g/mol. The minimum absolute atomic E-state index is 0.302. The summed E-state index contributed by atoms with van der Waals surface area (Å²) in [7, 11) is 0. The second-order valence-corrected chi connectivity index (χ2v) is 9.22. The van der Waals surface area contributed by atoms with E-state index in [0.717, 1.165) is 0 Å². The van der Waals surface area contributed by atoms with Gasteiger partial charge in [0.05, 0.1) is 6.04 Å². The molecule has 1 N–H and O–H groups in total. The summed E-state index contributed by atoms with van der Waals surface area (Å²) in [6.45, 7) is 2.37. The lowest BCUT2D eigenvalue weighted by Crippen LogP contribution is -2.59. The molecule has 160 valence electrons. The van der Waals surface area contributed by atoms with Gasteiger partial charge in [-0.15, -0.1) is 0 Å². The zero-order chi connectivity index (χ0) is 21.3. The summed E-state index contributed by atoms with van der Waals surface area (Å²) in [4.78, 5) is 11.4. The van der Waals surface area contributed by atoms with E-state index in [4.69, 9.17) is 4.99 Å². The van der Waals surface area contributed by atoms with Crippen molar-refractivity contribution in [3.63, 3.8) is 0 Å². The minimum Gasteiger partial charge on any atom is -0.361 e. The molecule has 0 aliphatic carbocycles. The van der Waals surface area contributed by atoms with Crippen LogP contribution < -0.4 is 0 Å². The van der Waals surface area contributed by atoms with Crippen molar-refractivity contribution in [1.29, 1.82) is 0 Å². The number of hydrogen-bond acceptors (Lipinski definition) is 2. The zero-order valence-electron chi connectivity index (χ0n) is 18.3. The number of aliphatic imine (C=N–C) groups is 1. The van der Waals surface area contributed by atoms with Crippen molar-refractivity contribution in [2.45, 2.75) is 30.8 Å². The predicted molar refractivity (Wildman–Crippen MR) is 132 cm³/mol. The molecule has 0 amide bonds. The van der Waals surface area contributed by atoms with Crippen LogP contribution in [0.25, 0.3) is 10.9 Å². The van der Waals surface area contributed by atoms with Crippen LogP contribution >= 0.6 is 0 Å². The molecular formula is C29H29N3. The fraction of sp³-hybridized carbons (Fsp3) is 0.276. The van der Waals surface area contributed by atoms with E-state index in [2.05, 4.69) is 107 Å². The molecule has 1 aromatic heterocycles. The fourth-order valence-corrected chi connectivity index (χ4v) is 5.95. The Morgan fingerprint density at radius 2 is 1.44 bits per heavy atom. The number of nitrogens with one attached hydrogen (secondary N) is 1. The first-order chi connectivity index (χ1) is 15.9. The molecule has 0 radical (unpaired) electrons. The van der Waals surface area contributed by atoms with Gasteiger partial charge in [0, 0.05) is 40.8 Å². The van der Waals surface area contributed by atoms with Crippen LogP contribution in [0.1, 0.15) is 35.4 Å².